The van der Waals surface area contributed by atoms with Crippen LogP contribution in [0.5, 0.6) is 0 Å². The maximum absolute atomic E-state index is 11.9. The molecule has 0 aliphatic carbocycles. The molecule has 0 radical (unpaired) electrons. The van der Waals surface area contributed by atoms with Crippen LogP contribution in [-0.4, -0.2) is 44.4 Å². The first-order valence-corrected chi connectivity index (χ1v) is 10.8. The van der Waals surface area contributed by atoms with E-state index in [2.05, 4.69) is 39.2 Å². The van der Waals surface area contributed by atoms with Crippen molar-refractivity contribution < 1.29 is 14.0 Å². The van der Waals surface area contributed by atoms with Crippen molar-refractivity contribution in [2.45, 2.75) is 70.2 Å². The molecule has 0 bridgehead atoms. The van der Waals surface area contributed by atoms with Gasteiger partial charge in [0.2, 0.25) is 0 Å². The second-order valence-electron chi connectivity index (χ2n) is 7.59. The number of rotatable bonds is 4. The van der Waals surface area contributed by atoms with Crippen LogP contribution in [0.15, 0.2) is 12.3 Å². The number of urea groups is 1. The number of ether oxygens (including phenoxy) is 1. The average Bonchev–Trinajstić information content (AvgIpc) is 2.83. The Kier molecular flexibility index (Phi) is 5.01. The first-order chi connectivity index (χ1) is 10.1. The van der Waals surface area contributed by atoms with E-state index in [4.69, 9.17) is 14.9 Å². The molecule has 2 aliphatic heterocycles. The van der Waals surface area contributed by atoms with Gasteiger partial charge in [-0.1, -0.05) is 20.8 Å². The van der Waals surface area contributed by atoms with Gasteiger partial charge in [0.15, 0.2) is 8.32 Å². The smallest absolute Gasteiger partial charge is 0.325 e. The molecule has 1 fully saturated rings. The van der Waals surface area contributed by atoms with Gasteiger partial charge in [0.1, 0.15) is 6.23 Å². The van der Waals surface area contributed by atoms with Crippen LogP contribution >= 0.6 is 0 Å². The number of carbonyl (C=O) groups excluding carboxylic acids is 1. The van der Waals surface area contributed by atoms with Gasteiger partial charge in [-0.2, -0.15) is 0 Å². The fourth-order valence-corrected chi connectivity index (χ4v) is 3.31. The molecule has 1 saturated heterocycles. The molecule has 3 N–H and O–H groups in total. The van der Waals surface area contributed by atoms with Crippen molar-refractivity contribution in [3.8, 4) is 0 Å². The van der Waals surface area contributed by atoms with Crippen LogP contribution in [0.2, 0.25) is 18.1 Å². The zero-order chi connectivity index (χ0) is 16.5. The molecule has 0 aromatic heterocycles. The summed E-state index contributed by atoms with van der Waals surface area (Å²) in [6, 6.07) is -0.203. The SMILES string of the molecule is CC(C)(C)[Si](C)(C)OC[C@@H]1CC[C@H](N2C=CC(N)NC2=O)O1. The minimum Gasteiger partial charge on any atom is -0.414 e. The normalized spacial score (nSPS) is 29.8. The topological polar surface area (TPSA) is 76.8 Å². The molecular formula is C15H29N3O3Si. The first-order valence-electron chi connectivity index (χ1n) is 7.92. The number of hydrogen-bond acceptors (Lipinski definition) is 4. The van der Waals surface area contributed by atoms with Gasteiger partial charge in [-0.05, 0) is 37.0 Å². The Morgan fingerprint density at radius 1 is 1.45 bits per heavy atom. The minimum absolute atomic E-state index is 0.0518. The summed E-state index contributed by atoms with van der Waals surface area (Å²) in [7, 11) is -1.76. The predicted molar refractivity (Wildman–Crippen MR) is 88.5 cm³/mol. The van der Waals surface area contributed by atoms with Crippen molar-refractivity contribution in [3.63, 3.8) is 0 Å². The lowest BCUT2D eigenvalue weighted by Crippen LogP contribution is -2.52. The van der Waals surface area contributed by atoms with E-state index in [1.165, 1.54) is 0 Å². The van der Waals surface area contributed by atoms with Crippen molar-refractivity contribution in [1.29, 1.82) is 0 Å². The van der Waals surface area contributed by atoms with E-state index in [9.17, 15) is 4.79 Å². The Labute approximate surface area is 134 Å². The Bertz CT molecular complexity index is 448. The van der Waals surface area contributed by atoms with E-state index in [-0.39, 0.29) is 23.4 Å². The van der Waals surface area contributed by atoms with E-state index in [1.54, 1.807) is 17.2 Å². The number of hydrogen-bond donors (Lipinski definition) is 2. The molecule has 0 saturated carbocycles. The predicted octanol–water partition coefficient (Wildman–Crippen LogP) is 2.34. The number of carbonyl (C=O) groups is 1. The van der Waals surface area contributed by atoms with Crippen LogP contribution in [0.25, 0.3) is 0 Å². The van der Waals surface area contributed by atoms with Crippen LogP contribution in [0.3, 0.4) is 0 Å². The fourth-order valence-electron chi connectivity index (χ4n) is 2.28. The Morgan fingerprint density at radius 3 is 2.73 bits per heavy atom. The zero-order valence-electron chi connectivity index (χ0n) is 14.3. The number of nitrogens with two attached hydrogens (primary N) is 1. The highest BCUT2D eigenvalue weighted by atomic mass is 28.4. The zero-order valence-corrected chi connectivity index (χ0v) is 15.3. The van der Waals surface area contributed by atoms with Gasteiger partial charge in [-0.3, -0.25) is 4.90 Å². The van der Waals surface area contributed by atoms with Crippen molar-refractivity contribution in [2.75, 3.05) is 6.61 Å². The van der Waals surface area contributed by atoms with Gasteiger partial charge in [0, 0.05) is 6.20 Å². The summed E-state index contributed by atoms with van der Waals surface area (Å²) in [4.78, 5) is 13.5. The summed E-state index contributed by atoms with van der Waals surface area (Å²) in [5, 5.41) is 2.86. The third-order valence-electron chi connectivity index (χ3n) is 4.81. The number of amides is 2. The monoisotopic (exact) mass is 327 g/mol. The van der Waals surface area contributed by atoms with E-state index < -0.39 is 14.5 Å². The summed E-state index contributed by atoms with van der Waals surface area (Å²) in [5.41, 5.74) is 5.65. The fraction of sp³-hybridized carbons (Fsp3) is 0.800. The molecule has 2 aliphatic rings. The molecule has 2 rings (SSSR count). The largest absolute Gasteiger partial charge is 0.414 e. The summed E-state index contributed by atoms with van der Waals surface area (Å²) in [6.45, 7) is 11.8. The lowest BCUT2D eigenvalue weighted by atomic mass is 10.2. The average molecular weight is 328 g/mol. The maximum Gasteiger partial charge on any atom is 0.325 e. The lowest BCUT2D eigenvalue weighted by molar-refractivity contribution is -0.0351. The standard InChI is InChI=1S/C15H29N3O3Si/c1-15(2,3)22(4,5)20-10-11-6-7-13(21-11)18-9-8-12(16)17-14(18)19/h8-9,11-13H,6-7,10,16H2,1-5H3,(H,17,19)/t11-,12?,13+/m0/s1. The van der Waals surface area contributed by atoms with Gasteiger partial charge >= 0.3 is 6.03 Å². The second-order valence-corrected chi connectivity index (χ2v) is 12.4. The number of nitrogens with zero attached hydrogens (tertiary/aromatic N) is 1. The molecular weight excluding hydrogens is 298 g/mol. The minimum atomic E-state index is -1.76. The molecule has 0 spiro atoms. The van der Waals surface area contributed by atoms with Crippen molar-refractivity contribution >= 4 is 14.3 Å². The van der Waals surface area contributed by atoms with E-state index >= 15 is 0 Å². The highest BCUT2D eigenvalue weighted by Crippen LogP contribution is 2.37. The third kappa shape index (κ3) is 3.89. The third-order valence-corrected chi connectivity index (χ3v) is 9.31. The van der Waals surface area contributed by atoms with Crippen molar-refractivity contribution in [1.82, 2.24) is 10.2 Å². The summed E-state index contributed by atoms with van der Waals surface area (Å²) < 4.78 is 12.2. The summed E-state index contributed by atoms with van der Waals surface area (Å²) in [5.74, 6) is 0. The highest BCUT2D eigenvalue weighted by Gasteiger charge is 2.39. The van der Waals surface area contributed by atoms with E-state index in [1.807, 2.05) is 0 Å². The van der Waals surface area contributed by atoms with Crippen molar-refractivity contribution in [3.05, 3.63) is 12.3 Å². The lowest BCUT2D eigenvalue weighted by Gasteiger charge is -2.37. The van der Waals surface area contributed by atoms with Gasteiger partial charge in [0.25, 0.3) is 0 Å². The first kappa shape index (κ1) is 17.5. The molecule has 7 heteroatoms. The molecule has 22 heavy (non-hydrogen) atoms. The Hall–Kier alpha value is -0.893. The second kappa shape index (κ2) is 6.31. The van der Waals surface area contributed by atoms with E-state index in [0.29, 0.717) is 6.61 Å². The van der Waals surface area contributed by atoms with Gasteiger partial charge in [0.05, 0.1) is 18.9 Å². The Morgan fingerprint density at radius 2 is 2.14 bits per heavy atom. The maximum atomic E-state index is 11.9. The van der Waals surface area contributed by atoms with Gasteiger partial charge < -0.3 is 20.2 Å². The van der Waals surface area contributed by atoms with Crippen LogP contribution in [0, 0.1) is 0 Å². The number of nitrogens with one attached hydrogen (secondary N) is 1. The Balaban J connectivity index is 1.86. The van der Waals surface area contributed by atoms with E-state index in [0.717, 1.165) is 12.8 Å². The molecule has 126 valence electrons. The summed E-state index contributed by atoms with van der Waals surface area (Å²) in [6.07, 6.45) is 4.60. The van der Waals surface area contributed by atoms with Crippen LogP contribution < -0.4 is 11.1 Å². The van der Waals surface area contributed by atoms with Crippen LogP contribution in [0.4, 0.5) is 4.79 Å². The van der Waals surface area contributed by atoms with Crippen LogP contribution in [-0.2, 0) is 9.16 Å². The molecule has 0 aromatic rings. The molecule has 6 nitrogen and oxygen atoms in total. The molecule has 2 amide bonds. The summed E-state index contributed by atoms with van der Waals surface area (Å²) >= 11 is 0. The van der Waals surface area contributed by atoms with Gasteiger partial charge in [-0.15, -0.1) is 0 Å². The highest BCUT2D eigenvalue weighted by molar-refractivity contribution is 6.74. The van der Waals surface area contributed by atoms with Crippen molar-refractivity contribution in [2.24, 2.45) is 5.73 Å². The quantitative estimate of drug-likeness (QED) is 0.777. The molecule has 3 atom stereocenters. The molecule has 0 aromatic carbocycles. The molecule has 1 unspecified atom stereocenters. The van der Waals surface area contributed by atoms with Crippen LogP contribution in [0.1, 0.15) is 33.6 Å². The van der Waals surface area contributed by atoms with Gasteiger partial charge in [-0.25, -0.2) is 4.79 Å². The molecule has 2 heterocycles.